The van der Waals surface area contributed by atoms with Crippen LogP contribution in [-0.2, 0) is 0 Å². The first-order valence-corrected chi connectivity index (χ1v) is 7.09. The molecule has 110 valence electrons. The Morgan fingerprint density at radius 1 is 1.19 bits per heavy atom. The maximum Gasteiger partial charge on any atom is 0.194 e. The van der Waals surface area contributed by atoms with Crippen LogP contribution in [0.2, 0.25) is 0 Å². The molecule has 0 radical (unpaired) electrons. The molecular weight excluding hydrogens is 337 g/mol. The van der Waals surface area contributed by atoms with Crippen molar-refractivity contribution in [3.05, 3.63) is 56.8 Å². The number of aryl methyl sites for hydroxylation is 2. The van der Waals surface area contributed by atoms with Gasteiger partial charge in [-0.05, 0) is 65.2 Å². The highest BCUT2D eigenvalue weighted by Crippen LogP contribution is 2.29. The molecule has 0 aliphatic rings. The van der Waals surface area contributed by atoms with Gasteiger partial charge in [0.05, 0.1) is 12.8 Å². The summed E-state index contributed by atoms with van der Waals surface area (Å²) in [5.41, 5.74) is 8.07. The molecule has 0 fully saturated rings. The number of nitrogen functional groups attached to an aromatic ring is 1. The smallest absolute Gasteiger partial charge is 0.194 e. The van der Waals surface area contributed by atoms with Gasteiger partial charge in [0.1, 0.15) is 11.6 Å². The van der Waals surface area contributed by atoms with E-state index in [0.29, 0.717) is 15.6 Å². The third-order valence-electron chi connectivity index (χ3n) is 3.26. The number of methoxy groups -OCH3 is 1. The van der Waals surface area contributed by atoms with Crippen LogP contribution >= 0.6 is 15.9 Å². The van der Waals surface area contributed by atoms with E-state index in [1.54, 1.807) is 19.2 Å². The van der Waals surface area contributed by atoms with E-state index in [9.17, 15) is 9.18 Å². The lowest BCUT2D eigenvalue weighted by Gasteiger charge is -2.12. The number of ketones is 1. The minimum absolute atomic E-state index is 0.0523. The van der Waals surface area contributed by atoms with Crippen LogP contribution in [0.25, 0.3) is 0 Å². The Morgan fingerprint density at radius 2 is 1.76 bits per heavy atom. The van der Waals surface area contributed by atoms with E-state index in [1.807, 2.05) is 13.8 Å². The molecule has 0 saturated heterocycles. The number of halogens is 2. The number of carbonyl (C=O) groups excluding carboxylic acids is 1. The summed E-state index contributed by atoms with van der Waals surface area (Å²) in [4.78, 5) is 12.6. The topological polar surface area (TPSA) is 52.3 Å². The van der Waals surface area contributed by atoms with Gasteiger partial charge in [-0.2, -0.15) is 0 Å². The summed E-state index contributed by atoms with van der Waals surface area (Å²) in [5.74, 6) is -0.0211. The number of hydrogen-bond acceptors (Lipinski definition) is 3. The lowest BCUT2D eigenvalue weighted by atomic mass is 9.98. The molecule has 0 aliphatic carbocycles. The zero-order chi connectivity index (χ0) is 15.7. The van der Waals surface area contributed by atoms with Crippen LogP contribution in [-0.4, -0.2) is 12.9 Å². The summed E-state index contributed by atoms with van der Waals surface area (Å²) in [6.45, 7) is 3.74. The highest BCUT2D eigenvalue weighted by molar-refractivity contribution is 9.10. The predicted octanol–water partition coefficient (Wildman–Crippen LogP) is 4.03. The van der Waals surface area contributed by atoms with Crippen molar-refractivity contribution < 1.29 is 13.9 Å². The van der Waals surface area contributed by atoms with E-state index in [4.69, 9.17) is 10.5 Å². The molecule has 5 heteroatoms. The van der Waals surface area contributed by atoms with E-state index in [1.165, 1.54) is 12.1 Å². The zero-order valence-electron chi connectivity index (χ0n) is 12.0. The molecule has 2 rings (SSSR count). The number of benzene rings is 2. The van der Waals surface area contributed by atoms with Gasteiger partial charge in [0, 0.05) is 15.6 Å². The average Bonchev–Trinajstić information content (AvgIpc) is 2.41. The standard InChI is InChI=1S/C16H15BrFNO2/c1-8-4-10(5-9(2)16(8)21-3)15(20)11-6-14(19)13(18)7-12(11)17/h4-7H,19H2,1-3H3. The molecule has 0 heterocycles. The Bertz CT molecular complexity index is 705. The Balaban J connectivity index is 2.53. The van der Waals surface area contributed by atoms with Crippen LogP contribution in [0.15, 0.2) is 28.7 Å². The van der Waals surface area contributed by atoms with Crippen molar-refractivity contribution >= 4 is 27.4 Å². The lowest BCUT2D eigenvalue weighted by Crippen LogP contribution is -2.06. The van der Waals surface area contributed by atoms with Gasteiger partial charge in [0.2, 0.25) is 0 Å². The molecular formula is C16H15BrFNO2. The van der Waals surface area contributed by atoms with Crippen LogP contribution in [0.3, 0.4) is 0 Å². The van der Waals surface area contributed by atoms with Crippen LogP contribution in [0.4, 0.5) is 10.1 Å². The average molecular weight is 352 g/mol. The Kier molecular flexibility index (Phi) is 4.32. The molecule has 2 N–H and O–H groups in total. The van der Waals surface area contributed by atoms with Crippen molar-refractivity contribution in [2.24, 2.45) is 0 Å². The summed E-state index contributed by atoms with van der Waals surface area (Å²) in [6.07, 6.45) is 0. The number of nitrogens with two attached hydrogens (primary N) is 1. The van der Waals surface area contributed by atoms with Gasteiger partial charge in [-0.25, -0.2) is 4.39 Å². The van der Waals surface area contributed by atoms with E-state index in [0.717, 1.165) is 16.9 Å². The lowest BCUT2D eigenvalue weighted by molar-refractivity contribution is 0.103. The third-order valence-corrected chi connectivity index (χ3v) is 3.91. The minimum Gasteiger partial charge on any atom is -0.496 e. The number of anilines is 1. The second-order valence-corrected chi connectivity index (χ2v) is 5.68. The molecule has 0 atom stereocenters. The SMILES string of the molecule is COc1c(C)cc(C(=O)c2cc(N)c(F)cc2Br)cc1C. The third kappa shape index (κ3) is 2.93. The molecule has 2 aromatic rings. The second kappa shape index (κ2) is 5.85. The molecule has 2 aromatic carbocycles. The molecule has 0 aliphatic heterocycles. The van der Waals surface area contributed by atoms with Crippen molar-refractivity contribution in [2.45, 2.75) is 13.8 Å². The first kappa shape index (κ1) is 15.5. The van der Waals surface area contributed by atoms with Crippen LogP contribution in [0, 0.1) is 19.7 Å². The first-order valence-electron chi connectivity index (χ1n) is 6.29. The van der Waals surface area contributed by atoms with E-state index in [-0.39, 0.29) is 11.5 Å². The van der Waals surface area contributed by atoms with Crippen molar-refractivity contribution in [1.82, 2.24) is 0 Å². The fourth-order valence-electron chi connectivity index (χ4n) is 2.30. The summed E-state index contributed by atoms with van der Waals surface area (Å²) in [7, 11) is 1.59. The largest absolute Gasteiger partial charge is 0.496 e. The zero-order valence-corrected chi connectivity index (χ0v) is 13.5. The van der Waals surface area contributed by atoms with Gasteiger partial charge in [-0.3, -0.25) is 4.79 Å². The normalized spacial score (nSPS) is 10.5. The van der Waals surface area contributed by atoms with E-state index in [2.05, 4.69) is 15.9 Å². The number of ether oxygens (including phenoxy) is 1. The van der Waals surface area contributed by atoms with E-state index >= 15 is 0 Å². The van der Waals surface area contributed by atoms with Gasteiger partial charge in [-0.1, -0.05) is 0 Å². The van der Waals surface area contributed by atoms with Crippen molar-refractivity contribution in [1.29, 1.82) is 0 Å². The quantitative estimate of drug-likeness (QED) is 0.670. The highest BCUT2D eigenvalue weighted by Gasteiger charge is 2.17. The summed E-state index contributed by atoms with van der Waals surface area (Å²) in [5, 5.41) is 0. The van der Waals surface area contributed by atoms with Gasteiger partial charge in [-0.15, -0.1) is 0 Å². The Labute approximate surface area is 131 Å². The van der Waals surface area contributed by atoms with Gasteiger partial charge in [0.25, 0.3) is 0 Å². The van der Waals surface area contributed by atoms with Crippen LogP contribution in [0.1, 0.15) is 27.0 Å². The maximum atomic E-state index is 13.4. The van der Waals surface area contributed by atoms with Gasteiger partial charge in [0.15, 0.2) is 5.78 Å². The van der Waals surface area contributed by atoms with Gasteiger partial charge >= 0.3 is 0 Å². The second-order valence-electron chi connectivity index (χ2n) is 4.83. The molecule has 0 amide bonds. The molecule has 0 unspecified atom stereocenters. The molecule has 0 bridgehead atoms. The predicted molar refractivity (Wildman–Crippen MR) is 84.4 cm³/mol. The summed E-state index contributed by atoms with van der Waals surface area (Å²) in [6, 6.07) is 6.04. The Morgan fingerprint density at radius 3 is 2.29 bits per heavy atom. The highest BCUT2D eigenvalue weighted by atomic mass is 79.9. The number of rotatable bonds is 3. The van der Waals surface area contributed by atoms with Crippen molar-refractivity contribution in [3.8, 4) is 5.75 Å². The maximum absolute atomic E-state index is 13.4. The molecule has 0 aromatic heterocycles. The minimum atomic E-state index is -0.555. The number of carbonyl (C=O) groups is 1. The first-order chi connectivity index (χ1) is 9.85. The number of hydrogen-bond donors (Lipinski definition) is 1. The fourth-order valence-corrected chi connectivity index (χ4v) is 2.79. The summed E-state index contributed by atoms with van der Waals surface area (Å²) >= 11 is 3.20. The fraction of sp³-hybridized carbons (Fsp3) is 0.188. The molecule has 3 nitrogen and oxygen atoms in total. The van der Waals surface area contributed by atoms with Crippen LogP contribution < -0.4 is 10.5 Å². The van der Waals surface area contributed by atoms with Crippen molar-refractivity contribution in [3.63, 3.8) is 0 Å². The van der Waals surface area contributed by atoms with Crippen molar-refractivity contribution in [2.75, 3.05) is 12.8 Å². The van der Waals surface area contributed by atoms with Crippen LogP contribution in [0.5, 0.6) is 5.75 Å². The Hall–Kier alpha value is -1.88. The molecule has 21 heavy (non-hydrogen) atoms. The van der Waals surface area contributed by atoms with E-state index < -0.39 is 5.82 Å². The van der Waals surface area contributed by atoms with Gasteiger partial charge < -0.3 is 10.5 Å². The molecule has 0 spiro atoms. The summed E-state index contributed by atoms with van der Waals surface area (Å²) < 4.78 is 19.0. The molecule has 0 saturated carbocycles. The monoisotopic (exact) mass is 351 g/mol.